The van der Waals surface area contributed by atoms with Crippen LogP contribution in [-0.2, 0) is 9.59 Å². The van der Waals surface area contributed by atoms with Gasteiger partial charge in [0.05, 0.1) is 0 Å². The van der Waals surface area contributed by atoms with Crippen LogP contribution in [0.5, 0.6) is 0 Å². The van der Waals surface area contributed by atoms with Crippen molar-refractivity contribution in [1.82, 2.24) is 10.2 Å². The second kappa shape index (κ2) is 9.59. The van der Waals surface area contributed by atoms with E-state index in [1.807, 2.05) is 0 Å². The molecule has 1 aliphatic heterocycles. The summed E-state index contributed by atoms with van der Waals surface area (Å²) < 4.78 is 0. The predicted octanol–water partition coefficient (Wildman–Crippen LogP) is 3.96. The first kappa shape index (κ1) is 19.5. The topological polar surface area (TPSA) is 49.4 Å². The number of ketones is 1. The molecule has 25 heavy (non-hydrogen) atoms. The van der Waals surface area contributed by atoms with Crippen LogP contribution in [0.25, 0.3) is 0 Å². The first-order valence-corrected chi connectivity index (χ1v) is 9.58. The molecule has 138 valence electrons. The van der Waals surface area contributed by atoms with Gasteiger partial charge in [-0.05, 0) is 63.9 Å². The molecule has 0 atom stereocenters. The predicted molar refractivity (Wildman–Crippen MR) is 102 cm³/mol. The molecule has 0 aromatic carbocycles. The van der Waals surface area contributed by atoms with E-state index in [-0.39, 0.29) is 5.91 Å². The van der Waals surface area contributed by atoms with E-state index < -0.39 is 0 Å². The average molecular weight is 344 g/mol. The fraction of sp³-hybridized carbons (Fsp3) is 0.619. The summed E-state index contributed by atoms with van der Waals surface area (Å²) in [5, 5.41) is 3.47. The van der Waals surface area contributed by atoms with Crippen LogP contribution in [-0.4, -0.2) is 29.7 Å². The Labute approximate surface area is 152 Å². The zero-order valence-corrected chi connectivity index (χ0v) is 15.6. The monoisotopic (exact) mass is 344 g/mol. The number of rotatable bonds is 10. The van der Waals surface area contributed by atoms with E-state index in [1.165, 1.54) is 0 Å². The summed E-state index contributed by atoms with van der Waals surface area (Å²) >= 11 is 0. The molecule has 0 saturated heterocycles. The molecule has 1 fully saturated rings. The van der Waals surface area contributed by atoms with Crippen molar-refractivity contribution in [1.29, 1.82) is 0 Å². The van der Waals surface area contributed by atoms with E-state index >= 15 is 0 Å². The van der Waals surface area contributed by atoms with Gasteiger partial charge in [-0.2, -0.15) is 0 Å². The van der Waals surface area contributed by atoms with Gasteiger partial charge in [-0.15, -0.1) is 0 Å². The maximum absolute atomic E-state index is 11.6. The Morgan fingerprint density at radius 2 is 1.92 bits per heavy atom. The van der Waals surface area contributed by atoms with Gasteiger partial charge in [0.1, 0.15) is 5.78 Å². The minimum absolute atomic E-state index is 0.0515. The Morgan fingerprint density at radius 1 is 1.20 bits per heavy atom. The van der Waals surface area contributed by atoms with Crippen molar-refractivity contribution >= 4 is 11.7 Å². The molecule has 1 amide bonds. The Hall–Kier alpha value is -1.84. The van der Waals surface area contributed by atoms with Crippen molar-refractivity contribution < 1.29 is 9.59 Å². The minimum Gasteiger partial charge on any atom is -0.389 e. The van der Waals surface area contributed by atoms with Crippen LogP contribution in [0.2, 0.25) is 0 Å². The van der Waals surface area contributed by atoms with Crippen molar-refractivity contribution in [2.75, 3.05) is 13.1 Å². The second-order valence-corrected chi connectivity index (χ2v) is 7.44. The highest BCUT2D eigenvalue weighted by molar-refractivity contribution is 5.92. The maximum atomic E-state index is 11.6. The fourth-order valence-corrected chi connectivity index (χ4v) is 3.68. The molecule has 1 saturated carbocycles. The highest BCUT2D eigenvalue weighted by Gasteiger charge is 2.23. The van der Waals surface area contributed by atoms with Gasteiger partial charge < -0.3 is 10.2 Å². The molecule has 1 heterocycles. The summed E-state index contributed by atoms with van der Waals surface area (Å²) in [6.45, 7) is 11.5. The van der Waals surface area contributed by atoms with Gasteiger partial charge in [0.2, 0.25) is 0 Å². The van der Waals surface area contributed by atoms with Crippen LogP contribution < -0.4 is 5.32 Å². The summed E-state index contributed by atoms with van der Waals surface area (Å²) in [5.74, 6) is 1.38. The lowest BCUT2D eigenvalue weighted by atomic mass is 9.80. The molecular weight excluding hydrogens is 312 g/mol. The quantitative estimate of drug-likeness (QED) is 0.610. The molecule has 0 bridgehead atoms. The lowest BCUT2D eigenvalue weighted by Crippen LogP contribution is -2.27. The van der Waals surface area contributed by atoms with Gasteiger partial charge in [0.15, 0.2) is 0 Å². The Morgan fingerprint density at radius 3 is 2.52 bits per heavy atom. The molecule has 1 aliphatic carbocycles. The van der Waals surface area contributed by atoms with Crippen molar-refractivity contribution in [3.8, 4) is 0 Å². The lowest BCUT2D eigenvalue weighted by Gasteiger charge is -2.27. The zero-order chi connectivity index (χ0) is 18.2. The molecule has 4 heteroatoms. The molecule has 4 nitrogen and oxygen atoms in total. The van der Waals surface area contributed by atoms with Crippen molar-refractivity contribution in [3.05, 3.63) is 36.7 Å². The number of amides is 1. The first-order chi connectivity index (χ1) is 12.0. The summed E-state index contributed by atoms with van der Waals surface area (Å²) in [4.78, 5) is 24.7. The average Bonchev–Trinajstić information content (AvgIpc) is 2.91. The van der Waals surface area contributed by atoms with Crippen molar-refractivity contribution in [2.45, 2.75) is 58.3 Å². The molecule has 0 aromatic heterocycles. The largest absolute Gasteiger partial charge is 0.389 e. The van der Waals surface area contributed by atoms with Crippen LogP contribution in [0.3, 0.4) is 0 Å². The summed E-state index contributed by atoms with van der Waals surface area (Å²) in [5.41, 5.74) is 1.91. The molecule has 2 rings (SSSR count). The normalized spacial score (nSPS) is 23.2. The van der Waals surface area contributed by atoms with Gasteiger partial charge in [-0.3, -0.25) is 9.59 Å². The number of carbonyl (C=O) groups is 2. The van der Waals surface area contributed by atoms with Gasteiger partial charge in [-0.1, -0.05) is 19.6 Å². The van der Waals surface area contributed by atoms with Gasteiger partial charge in [-0.25, -0.2) is 0 Å². The van der Waals surface area contributed by atoms with E-state index in [4.69, 9.17) is 0 Å². The number of hydrogen-bond acceptors (Lipinski definition) is 3. The molecule has 0 radical (unpaired) electrons. The minimum atomic E-state index is 0.0515. The van der Waals surface area contributed by atoms with E-state index in [0.29, 0.717) is 17.6 Å². The first-order valence-electron chi connectivity index (χ1n) is 9.58. The highest BCUT2D eigenvalue weighted by atomic mass is 16.2. The van der Waals surface area contributed by atoms with Crippen LogP contribution in [0, 0.1) is 11.8 Å². The Kier molecular flexibility index (Phi) is 7.48. The SMILES string of the molecule is C=C(CCCCCN1C(=C)C=CC1=O)NCC1CCC(C(C)=O)CC1. The Balaban J connectivity index is 1.50. The fourth-order valence-electron chi connectivity index (χ4n) is 3.68. The van der Waals surface area contributed by atoms with Crippen molar-refractivity contribution in [2.24, 2.45) is 11.8 Å². The van der Waals surface area contributed by atoms with Gasteiger partial charge in [0.25, 0.3) is 5.91 Å². The third-order valence-corrected chi connectivity index (χ3v) is 5.45. The second-order valence-electron chi connectivity index (χ2n) is 7.44. The number of allylic oxidation sites excluding steroid dienone is 2. The van der Waals surface area contributed by atoms with Crippen LogP contribution in [0.1, 0.15) is 58.3 Å². The molecule has 1 N–H and O–H groups in total. The zero-order valence-electron chi connectivity index (χ0n) is 15.6. The van der Waals surface area contributed by atoms with Crippen LogP contribution in [0.4, 0.5) is 0 Å². The molecule has 2 aliphatic rings. The number of carbonyl (C=O) groups excluding carboxylic acids is 2. The molecule has 0 unspecified atom stereocenters. The highest BCUT2D eigenvalue weighted by Crippen LogP contribution is 2.29. The molecular formula is C21H32N2O2. The molecule has 0 aromatic rings. The van der Waals surface area contributed by atoms with E-state index in [9.17, 15) is 9.59 Å². The summed E-state index contributed by atoms with van der Waals surface area (Å²) in [7, 11) is 0. The number of nitrogens with one attached hydrogen (secondary N) is 1. The van der Waals surface area contributed by atoms with Gasteiger partial charge in [0, 0.05) is 36.5 Å². The summed E-state index contributed by atoms with van der Waals surface area (Å²) in [6.07, 6.45) is 11.9. The van der Waals surface area contributed by atoms with Gasteiger partial charge >= 0.3 is 0 Å². The standard InChI is InChI=1S/C21H32N2O2/c1-16(22-15-19-9-11-20(12-10-19)18(3)24)7-5-4-6-14-23-17(2)8-13-21(23)25/h8,13,19-20,22H,1-2,4-7,9-12,14-15H2,3H3. The number of hydrogen-bond donors (Lipinski definition) is 1. The smallest absolute Gasteiger partial charge is 0.251 e. The molecule has 0 spiro atoms. The lowest BCUT2D eigenvalue weighted by molar-refractivity contribution is -0.123. The van der Waals surface area contributed by atoms with Crippen LogP contribution >= 0.6 is 0 Å². The number of Topliss-reactive ketones (excluding diaryl/α,β-unsaturated/α-hetero) is 1. The third kappa shape index (κ3) is 6.18. The number of unbranched alkanes of at least 4 members (excludes halogenated alkanes) is 2. The third-order valence-electron chi connectivity index (χ3n) is 5.45. The Bertz CT molecular complexity index is 524. The van der Waals surface area contributed by atoms with E-state index in [2.05, 4.69) is 18.5 Å². The van der Waals surface area contributed by atoms with E-state index in [1.54, 1.807) is 24.0 Å². The maximum Gasteiger partial charge on any atom is 0.251 e. The van der Waals surface area contributed by atoms with Crippen molar-refractivity contribution in [3.63, 3.8) is 0 Å². The number of nitrogens with zero attached hydrogens (tertiary/aromatic N) is 1. The van der Waals surface area contributed by atoms with Crippen LogP contribution in [0.15, 0.2) is 36.7 Å². The summed E-state index contributed by atoms with van der Waals surface area (Å²) in [6, 6.07) is 0. The van der Waals surface area contributed by atoms with E-state index in [0.717, 1.165) is 75.9 Å².